The molecule has 1 aliphatic rings. The van der Waals surface area contributed by atoms with E-state index in [1.165, 1.54) is 12.1 Å². The summed E-state index contributed by atoms with van der Waals surface area (Å²) in [7, 11) is 0. The Kier molecular flexibility index (Phi) is 5.88. The fourth-order valence-electron chi connectivity index (χ4n) is 3.64. The van der Waals surface area contributed by atoms with Gasteiger partial charge in [0.1, 0.15) is 5.82 Å². The van der Waals surface area contributed by atoms with Gasteiger partial charge in [-0.05, 0) is 42.3 Å². The molecule has 1 aliphatic heterocycles. The fraction of sp³-hybridized carbons (Fsp3) is 0.261. The molecule has 2 aromatic carbocycles. The summed E-state index contributed by atoms with van der Waals surface area (Å²) in [6.45, 7) is 2.53. The molecule has 0 atom stereocenters. The number of halogens is 1. The monoisotopic (exact) mass is 406 g/mol. The van der Waals surface area contributed by atoms with Crippen molar-refractivity contribution >= 4 is 11.8 Å². The third kappa shape index (κ3) is 4.40. The number of carbonyl (C=O) groups is 2. The number of carbonyl (C=O) groups excluding carboxylic acids is 2. The van der Waals surface area contributed by atoms with Crippen LogP contribution in [0.2, 0.25) is 0 Å². The highest BCUT2D eigenvalue weighted by Gasteiger charge is 2.24. The van der Waals surface area contributed by atoms with E-state index >= 15 is 0 Å². The van der Waals surface area contributed by atoms with Crippen molar-refractivity contribution in [3.63, 3.8) is 0 Å². The Hall–Kier alpha value is -3.48. The molecular formula is C23H23FN4O2. The van der Waals surface area contributed by atoms with Gasteiger partial charge in [-0.3, -0.25) is 14.3 Å². The van der Waals surface area contributed by atoms with Crippen LogP contribution in [-0.4, -0.2) is 57.6 Å². The molecule has 2 heterocycles. The maximum atomic E-state index is 14.0. The lowest BCUT2D eigenvalue weighted by Crippen LogP contribution is -2.37. The molecule has 4 rings (SSSR count). The molecule has 6 nitrogen and oxygen atoms in total. The summed E-state index contributed by atoms with van der Waals surface area (Å²) in [6.07, 6.45) is 4.28. The van der Waals surface area contributed by atoms with Gasteiger partial charge in [0.15, 0.2) is 0 Å². The summed E-state index contributed by atoms with van der Waals surface area (Å²) in [5.41, 5.74) is 1.76. The molecule has 0 spiro atoms. The quantitative estimate of drug-likeness (QED) is 0.669. The third-order valence-electron chi connectivity index (χ3n) is 5.28. The van der Waals surface area contributed by atoms with E-state index in [1.54, 1.807) is 28.1 Å². The van der Waals surface area contributed by atoms with Gasteiger partial charge in [0.25, 0.3) is 11.8 Å². The van der Waals surface area contributed by atoms with Gasteiger partial charge in [-0.15, -0.1) is 0 Å². The van der Waals surface area contributed by atoms with Crippen LogP contribution in [0, 0.1) is 5.82 Å². The number of rotatable bonds is 4. The van der Waals surface area contributed by atoms with E-state index in [2.05, 4.69) is 5.10 Å². The minimum absolute atomic E-state index is 0.0548. The Balaban J connectivity index is 1.38. The summed E-state index contributed by atoms with van der Waals surface area (Å²) in [4.78, 5) is 29.0. The van der Waals surface area contributed by atoms with E-state index < -0.39 is 5.82 Å². The molecule has 2 amide bonds. The van der Waals surface area contributed by atoms with Gasteiger partial charge in [-0.1, -0.05) is 24.3 Å². The van der Waals surface area contributed by atoms with Gasteiger partial charge >= 0.3 is 0 Å². The van der Waals surface area contributed by atoms with Crippen LogP contribution in [0.4, 0.5) is 4.39 Å². The van der Waals surface area contributed by atoms with Crippen molar-refractivity contribution in [2.24, 2.45) is 0 Å². The predicted molar refractivity (Wildman–Crippen MR) is 111 cm³/mol. The summed E-state index contributed by atoms with van der Waals surface area (Å²) in [6, 6.07) is 15.4. The molecule has 0 unspecified atom stereocenters. The minimum atomic E-state index is -0.519. The smallest absolute Gasteiger partial charge is 0.256 e. The molecule has 0 N–H and O–H groups in total. The van der Waals surface area contributed by atoms with E-state index in [9.17, 15) is 14.0 Å². The van der Waals surface area contributed by atoms with Crippen LogP contribution in [0.1, 0.15) is 32.7 Å². The predicted octanol–water partition coefficient (Wildman–Crippen LogP) is 3.06. The molecular weight excluding hydrogens is 383 g/mol. The second kappa shape index (κ2) is 8.90. The third-order valence-corrected chi connectivity index (χ3v) is 5.28. The molecule has 1 aromatic heterocycles. The summed E-state index contributed by atoms with van der Waals surface area (Å²) in [5.74, 6) is -0.902. The second-order valence-electron chi connectivity index (χ2n) is 7.32. The fourth-order valence-corrected chi connectivity index (χ4v) is 3.64. The Bertz CT molecular complexity index is 1020. The molecule has 0 saturated carbocycles. The van der Waals surface area contributed by atoms with E-state index in [-0.39, 0.29) is 17.4 Å². The maximum absolute atomic E-state index is 14.0. The lowest BCUT2D eigenvalue weighted by Gasteiger charge is -2.22. The topological polar surface area (TPSA) is 58.4 Å². The Morgan fingerprint density at radius 3 is 2.23 bits per heavy atom. The van der Waals surface area contributed by atoms with Crippen LogP contribution >= 0.6 is 0 Å². The number of hydrogen-bond acceptors (Lipinski definition) is 3. The standard InChI is InChI=1S/C23H23FN4O2/c24-21-6-2-1-5-20(21)23(30)27-13-4-12-26(15-16-27)22(29)19-9-7-18(8-10-19)17-28-14-3-11-25-28/h1-3,5-11,14H,4,12-13,15-17H2. The second-order valence-corrected chi connectivity index (χ2v) is 7.32. The Morgan fingerprint density at radius 2 is 1.57 bits per heavy atom. The van der Waals surface area contributed by atoms with Gasteiger partial charge in [0.05, 0.1) is 12.1 Å². The van der Waals surface area contributed by atoms with Crippen molar-refractivity contribution in [3.8, 4) is 0 Å². The zero-order valence-corrected chi connectivity index (χ0v) is 16.6. The van der Waals surface area contributed by atoms with Gasteiger partial charge in [-0.25, -0.2) is 4.39 Å². The van der Waals surface area contributed by atoms with Crippen molar-refractivity contribution in [1.82, 2.24) is 19.6 Å². The first-order valence-electron chi connectivity index (χ1n) is 10.0. The van der Waals surface area contributed by atoms with Crippen LogP contribution in [0.3, 0.4) is 0 Å². The molecule has 1 fully saturated rings. The summed E-state index contributed by atoms with van der Waals surface area (Å²) < 4.78 is 15.8. The van der Waals surface area contributed by atoms with Gasteiger partial charge in [-0.2, -0.15) is 5.10 Å². The average molecular weight is 406 g/mol. The number of hydrogen-bond donors (Lipinski definition) is 0. The minimum Gasteiger partial charge on any atom is -0.337 e. The molecule has 0 bridgehead atoms. The lowest BCUT2D eigenvalue weighted by atomic mass is 10.1. The zero-order valence-electron chi connectivity index (χ0n) is 16.6. The maximum Gasteiger partial charge on any atom is 0.256 e. The first-order chi connectivity index (χ1) is 14.6. The largest absolute Gasteiger partial charge is 0.337 e. The van der Waals surface area contributed by atoms with Crippen molar-refractivity contribution in [3.05, 3.63) is 89.5 Å². The molecule has 154 valence electrons. The van der Waals surface area contributed by atoms with Crippen molar-refractivity contribution in [2.75, 3.05) is 26.2 Å². The van der Waals surface area contributed by atoms with Crippen LogP contribution in [0.25, 0.3) is 0 Å². The normalized spacial score (nSPS) is 14.4. The number of benzene rings is 2. The first-order valence-corrected chi connectivity index (χ1v) is 10.0. The van der Waals surface area contributed by atoms with Crippen LogP contribution < -0.4 is 0 Å². The average Bonchev–Trinajstić information content (AvgIpc) is 3.15. The van der Waals surface area contributed by atoms with Crippen LogP contribution in [-0.2, 0) is 6.54 Å². The van der Waals surface area contributed by atoms with Gasteiger partial charge in [0.2, 0.25) is 0 Å². The molecule has 0 radical (unpaired) electrons. The highest BCUT2D eigenvalue weighted by atomic mass is 19.1. The van der Waals surface area contributed by atoms with Gasteiger partial charge in [0, 0.05) is 44.1 Å². The lowest BCUT2D eigenvalue weighted by molar-refractivity contribution is 0.0716. The summed E-state index contributed by atoms with van der Waals surface area (Å²) >= 11 is 0. The van der Waals surface area contributed by atoms with Gasteiger partial charge < -0.3 is 9.80 Å². The molecule has 7 heteroatoms. The molecule has 3 aromatic rings. The van der Waals surface area contributed by atoms with Crippen molar-refractivity contribution < 1.29 is 14.0 Å². The van der Waals surface area contributed by atoms with Crippen molar-refractivity contribution in [2.45, 2.75) is 13.0 Å². The first kappa shape index (κ1) is 19.8. The molecule has 0 aliphatic carbocycles. The molecule has 1 saturated heterocycles. The van der Waals surface area contributed by atoms with Crippen LogP contribution in [0.15, 0.2) is 67.0 Å². The highest BCUT2D eigenvalue weighted by Crippen LogP contribution is 2.15. The Morgan fingerprint density at radius 1 is 0.867 bits per heavy atom. The number of amides is 2. The number of nitrogens with zero attached hydrogens (tertiary/aromatic N) is 4. The molecule has 30 heavy (non-hydrogen) atoms. The van der Waals surface area contributed by atoms with Crippen molar-refractivity contribution in [1.29, 1.82) is 0 Å². The van der Waals surface area contributed by atoms with E-state index in [1.807, 2.05) is 41.2 Å². The zero-order chi connectivity index (χ0) is 20.9. The highest BCUT2D eigenvalue weighted by molar-refractivity contribution is 5.95. The SMILES string of the molecule is O=C(c1ccc(Cn2cccn2)cc1)N1CCCN(C(=O)c2ccccc2F)CC1. The van der Waals surface area contributed by atoms with Crippen LogP contribution in [0.5, 0.6) is 0 Å². The van der Waals surface area contributed by atoms with E-state index in [4.69, 9.17) is 0 Å². The number of aromatic nitrogens is 2. The summed E-state index contributed by atoms with van der Waals surface area (Å²) in [5, 5.41) is 4.19. The Labute approximate surface area is 174 Å². The van der Waals surface area contributed by atoms with E-state index in [0.717, 1.165) is 5.56 Å². The van der Waals surface area contributed by atoms with E-state index in [0.29, 0.717) is 44.7 Å².